The molecule has 72 valence electrons. The molecule has 0 saturated carbocycles. The monoisotopic (exact) mass is 188 g/mol. The van der Waals surface area contributed by atoms with E-state index in [1.165, 1.54) is 0 Å². The third-order valence-corrected chi connectivity index (χ3v) is 2.89. The van der Waals surface area contributed by atoms with E-state index in [4.69, 9.17) is 9.16 Å². The van der Waals surface area contributed by atoms with Gasteiger partial charge in [-0.05, 0) is 18.5 Å². The second-order valence-corrected chi connectivity index (χ2v) is 7.27. The summed E-state index contributed by atoms with van der Waals surface area (Å²) < 4.78 is 11.1. The Morgan fingerprint density at radius 2 is 1.92 bits per heavy atom. The van der Waals surface area contributed by atoms with Gasteiger partial charge in [0.2, 0.25) is 0 Å². The average molecular weight is 188 g/mol. The van der Waals surface area contributed by atoms with Gasteiger partial charge in [0.05, 0.1) is 12.7 Å². The van der Waals surface area contributed by atoms with Gasteiger partial charge >= 0.3 is 0 Å². The minimum absolute atomic E-state index is 0.284. The molecule has 0 radical (unpaired) electrons. The van der Waals surface area contributed by atoms with Gasteiger partial charge < -0.3 is 9.16 Å². The van der Waals surface area contributed by atoms with Crippen LogP contribution in [0.1, 0.15) is 20.8 Å². The van der Waals surface area contributed by atoms with Crippen molar-refractivity contribution >= 4 is 9.04 Å². The maximum absolute atomic E-state index is 5.61. The van der Waals surface area contributed by atoms with Gasteiger partial charge in [0.25, 0.3) is 0 Å². The molecule has 0 aliphatic carbocycles. The van der Waals surface area contributed by atoms with Crippen LogP contribution >= 0.6 is 0 Å². The first-order chi connectivity index (χ1) is 5.41. The molecule has 1 fully saturated rings. The SMILES string of the molecule is C[SiH](C)OCC1OC1C(C)(C)C. The van der Waals surface area contributed by atoms with Crippen LogP contribution in [0.5, 0.6) is 0 Å². The van der Waals surface area contributed by atoms with Crippen LogP contribution in [0.2, 0.25) is 13.1 Å². The largest absolute Gasteiger partial charge is 0.418 e. The van der Waals surface area contributed by atoms with Gasteiger partial charge in [-0.25, -0.2) is 0 Å². The molecular formula is C9H20O2Si. The summed E-state index contributed by atoms with van der Waals surface area (Å²) in [5.41, 5.74) is 0.284. The molecule has 1 rings (SSSR count). The Morgan fingerprint density at radius 1 is 1.33 bits per heavy atom. The van der Waals surface area contributed by atoms with Crippen molar-refractivity contribution in [2.45, 2.75) is 46.1 Å². The molecule has 2 atom stereocenters. The second-order valence-electron chi connectivity index (χ2n) is 4.84. The quantitative estimate of drug-likeness (QED) is 0.497. The Kier molecular flexibility index (Phi) is 2.96. The number of hydrogen-bond donors (Lipinski definition) is 0. The van der Waals surface area contributed by atoms with E-state index in [-0.39, 0.29) is 5.41 Å². The maximum Gasteiger partial charge on any atom is 0.171 e. The van der Waals surface area contributed by atoms with E-state index >= 15 is 0 Å². The Bertz CT molecular complexity index is 151. The van der Waals surface area contributed by atoms with E-state index in [2.05, 4.69) is 33.9 Å². The van der Waals surface area contributed by atoms with Crippen LogP contribution in [0.25, 0.3) is 0 Å². The zero-order valence-electron chi connectivity index (χ0n) is 8.76. The number of ether oxygens (including phenoxy) is 1. The van der Waals surface area contributed by atoms with E-state index in [9.17, 15) is 0 Å². The summed E-state index contributed by atoms with van der Waals surface area (Å²) in [4.78, 5) is 0. The number of rotatable bonds is 3. The van der Waals surface area contributed by atoms with Crippen molar-refractivity contribution in [3.63, 3.8) is 0 Å². The molecule has 0 N–H and O–H groups in total. The predicted molar refractivity (Wildman–Crippen MR) is 52.9 cm³/mol. The summed E-state index contributed by atoms with van der Waals surface area (Å²) in [7, 11) is -0.848. The van der Waals surface area contributed by atoms with Crippen molar-refractivity contribution in [1.29, 1.82) is 0 Å². The lowest BCUT2D eigenvalue weighted by atomic mass is 9.90. The number of hydrogen-bond acceptors (Lipinski definition) is 2. The third kappa shape index (κ3) is 2.88. The molecule has 2 unspecified atom stereocenters. The Morgan fingerprint density at radius 3 is 2.25 bits per heavy atom. The highest BCUT2D eigenvalue weighted by atomic mass is 28.3. The van der Waals surface area contributed by atoms with Crippen molar-refractivity contribution < 1.29 is 9.16 Å². The number of epoxide rings is 1. The zero-order chi connectivity index (χ0) is 9.35. The molecular weight excluding hydrogens is 168 g/mol. The smallest absolute Gasteiger partial charge is 0.171 e. The summed E-state index contributed by atoms with van der Waals surface area (Å²) in [5.74, 6) is 0. The lowest BCUT2D eigenvalue weighted by molar-refractivity contribution is 0.241. The molecule has 1 aliphatic rings. The Balaban J connectivity index is 2.16. The van der Waals surface area contributed by atoms with Crippen LogP contribution in [-0.4, -0.2) is 27.9 Å². The minimum atomic E-state index is -0.848. The van der Waals surface area contributed by atoms with Crippen molar-refractivity contribution in [1.82, 2.24) is 0 Å². The normalized spacial score (nSPS) is 29.5. The van der Waals surface area contributed by atoms with Crippen LogP contribution < -0.4 is 0 Å². The molecule has 1 aliphatic heterocycles. The van der Waals surface area contributed by atoms with E-state index in [1.807, 2.05) is 0 Å². The summed E-state index contributed by atoms with van der Waals surface area (Å²) >= 11 is 0. The standard InChI is InChI=1S/C9H20O2Si/c1-9(2,3)8-7(11-8)6-10-12(4)5/h7-8,12H,6H2,1-5H3. The van der Waals surface area contributed by atoms with Crippen LogP contribution in [0.3, 0.4) is 0 Å². The molecule has 12 heavy (non-hydrogen) atoms. The third-order valence-electron chi connectivity index (χ3n) is 2.03. The topological polar surface area (TPSA) is 21.8 Å². The highest BCUT2D eigenvalue weighted by molar-refractivity contribution is 6.48. The highest BCUT2D eigenvalue weighted by Gasteiger charge is 2.46. The van der Waals surface area contributed by atoms with Gasteiger partial charge in [0.1, 0.15) is 6.10 Å². The summed E-state index contributed by atoms with van der Waals surface area (Å²) in [5, 5.41) is 0. The lowest BCUT2D eigenvalue weighted by Crippen LogP contribution is -2.20. The Labute approximate surface area is 77.0 Å². The first-order valence-corrected chi connectivity index (χ1v) is 7.46. The Hall–Kier alpha value is 0.137. The van der Waals surface area contributed by atoms with Gasteiger partial charge in [-0.1, -0.05) is 20.8 Å². The van der Waals surface area contributed by atoms with Crippen molar-refractivity contribution in [2.75, 3.05) is 6.61 Å². The summed E-state index contributed by atoms with van der Waals surface area (Å²) in [6, 6.07) is 0. The highest BCUT2D eigenvalue weighted by Crippen LogP contribution is 2.37. The molecule has 0 aromatic rings. The molecule has 3 heteroatoms. The first kappa shape index (κ1) is 10.2. The summed E-state index contributed by atoms with van der Waals surface area (Å²) in [6.07, 6.45) is 0.796. The van der Waals surface area contributed by atoms with Crippen LogP contribution in [0, 0.1) is 5.41 Å². The van der Waals surface area contributed by atoms with E-state index in [0.717, 1.165) is 6.61 Å². The summed E-state index contributed by atoms with van der Waals surface area (Å²) in [6.45, 7) is 11.8. The van der Waals surface area contributed by atoms with Crippen molar-refractivity contribution in [3.05, 3.63) is 0 Å². The molecule has 0 spiro atoms. The lowest BCUT2D eigenvalue weighted by Gasteiger charge is -2.14. The predicted octanol–water partition coefficient (Wildman–Crippen LogP) is 1.80. The molecule has 0 aromatic carbocycles. The molecule has 1 heterocycles. The minimum Gasteiger partial charge on any atom is -0.418 e. The first-order valence-electron chi connectivity index (χ1n) is 4.68. The fourth-order valence-corrected chi connectivity index (χ4v) is 1.89. The van der Waals surface area contributed by atoms with E-state index < -0.39 is 9.04 Å². The van der Waals surface area contributed by atoms with Crippen LogP contribution in [0.15, 0.2) is 0 Å². The van der Waals surface area contributed by atoms with E-state index in [1.54, 1.807) is 0 Å². The maximum atomic E-state index is 5.61. The average Bonchev–Trinajstić information content (AvgIpc) is 2.59. The van der Waals surface area contributed by atoms with Crippen LogP contribution in [-0.2, 0) is 9.16 Å². The molecule has 1 saturated heterocycles. The molecule has 0 aromatic heterocycles. The molecule has 0 amide bonds. The second kappa shape index (κ2) is 3.48. The fourth-order valence-electron chi connectivity index (χ4n) is 1.32. The zero-order valence-corrected chi connectivity index (χ0v) is 9.91. The van der Waals surface area contributed by atoms with Gasteiger partial charge in [-0.3, -0.25) is 0 Å². The van der Waals surface area contributed by atoms with Gasteiger partial charge in [-0.2, -0.15) is 0 Å². The molecule has 2 nitrogen and oxygen atoms in total. The van der Waals surface area contributed by atoms with Crippen molar-refractivity contribution in [2.24, 2.45) is 5.41 Å². The van der Waals surface area contributed by atoms with Gasteiger partial charge in [-0.15, -0.1) is 0 Å². The fraction of sp³-hybridized carbons (Fsp3) is 1.00. The van der Waals surface area contributed by atoms with Crippen LogP contribution in [0.4, 0.5) is 0 Å². The van der Waals surface area contributed by atoms with E-state index in [0.29, 0.717) is 12.2 Å². The van der Waals surface area contributed by atoms with Gasteiger partial charge in [0.15, 0.2) is 9.04 Å². The molecule has 0 bridgehead atoms. The van der Waals surface area contributed by atoms with Gasteiger partial charge in [0, 0.05) is 0 Å². The van der Waals surface area contributed by atoms with Crippen molar-refractivity contribution in [3.8, 4) is 0 Å².